The van der Waals surface area contributed by atoms with E-state index in [9.17, 15) is 4.79 Å². The Morgan fingerprint density at radius 1 is 1.08 bits per heavy atom. The molecular weight excluding hydrogens is 330 g/mol. The normalized spacial score (nSPS) is 11.6. The number of hydrogen-bond donors (Lipinski definition) is 0. The van der Waals surface area contributed by atoms with Crippen LogP contribution in [-0.2, 0) is 11.3 Å². The monoisotopic (exact) mass is 357 g/mol. The summed E-state index contributed by atoms with van der Waals surface area (Å²) in [6.45, 7) is 4.41. The van der Waals surface area contributed by atoms with Gasteiger partial charge in [0, 0.05) is 13.6 Å². The van der Waals surface area contributed by atoms with Crippen molar-refractivity contribution in [3.8, 4) is 17.2 Å². The number of amides is 1. The third kappa shape index (κ3) is 4.91. The maximum Gasteiger partial charge on any atom is 0.263 e. The van der Waals surface area contributed by atoms with Gasteiger partial charge in [0.15, 0.2) is 17.6 Å². The number of carbonyl (C=O) groups excluding carboxylic acids is 1. The summed E-state index contributed by atoms with van der Waals surface area (Å²) in [5, 5.41) is 0. The van der Waals surface area contributed by atoms with Crippen molar-refractivity contribution in [2.24, 2.45) is 0 Å². The summed E-state index contributed by atoms with van der Waals surface area (Å²) in [5.41, 5.74) is 2.06. The number of rotatable bonds is 8. The van der Waals surface area contributed by atoms with Crippen LogP contribution in [0, 0.1) is 6.92 Å². The molecule has 2 aromatic rings. The largest absolute Gasteiger partial charge is 0.493 e. The number of hydrogen-bond acceptors (Lipinski definition) is 4. The quantitative estimate of drug-likeness (QED) is 0.720. The number of benzene rings is 2. The van der Waals surface area contributed by atoms with Crippen LogP contribution >= 0.6 is 0 Å². The highest BCUT2D eigenvalue weighted by Gasteiger charge is 2.22. The van der Waals surface area contributed by atoms with Gasteiger partial charge in [-0.2, -0.15) is 0 Å². The smallest absolute Gasteiger partial charge is 0.263 e. The van der Waals surface area contributed by atoms with E-state index < -0.39 is 6.10 Å². The molecule has 26 heavy (non-hydrogen) atoms. The third-order valence-electron chi connectivity index (χ3n) is 4.16. The van der Waals surface area contributed by atoms with E-state index in [1.165, 1.54) is 0 Å². The molecule has 0 aliphatic rings. The molecule has 0 N–H and O–H groups in total. The van der Waals surface area contributed by atoms with Crippen molar-refractivity contribution in [3.05, 3.63) is 53.6 Å². The molecule has 140 valence electrons. The minimum atomic E-state index is -0.512. The standard InChI is InChI=1S/C21H27NO4/c1-6-18(26-17-9-7-8-15(2)12-17)21(23)22(3)14-16-10-11-19(24-4)20(13-16)25-5/h7-13,18H,6,14H2,1-5H3/t18-/m1/s1. The third-order valence-corrected chi connectivity index (χ3v) is 4.16. The second kappa shape index (κ2) is 9.13. The Morgan fingerprint density at radius 3 is 2.42 bits per heavy atom. The van der Waals surface area contributed by atoms with Crippen LogP contribution in [0.4, 0.5) is 0 Å². The van der Waals surface area contributed by atoms with E-state index in [0.29, 0.717) is 30.2 Å². The first-order valence-electron chi connectivity index (χ1n) is 8.67. The molecule has 1 atom stereocenters. The Labute approximate surface area is 155 Å². The Balaban J connectivity index is 2.07. The zero-order valence-electron chi connectivity index (χ0n) is 16.1. The van der Waals surface area contributed by atoms with Crippen LogP contribution in [0.1, 0.15) is 24.5 Å². The molecule has 0 heterocycles. The van der Waals surface area contributed by atoms with Crippen LogP contribution in [0.3, 0.4) is 0 Å². The molecule has 0 radical (unpaired) electrons. The van der Waals surface area contributed by atoms with E-state index in [-0.39, 0.29) is 5.91 Å². The van der Waals surface area contributed by atoms with Crippen molar-refractivity contribution >= 4 is 5.91 Å². The number of carbonyl (C=O) groups is 1. The van der Waals surface area contributed by atoms with Gasteiger partial charge in [0.1, 0.15) is 5.75 Å². The molecule has 0 saturated heterocycles. The Morgan fingerprint density at radius 2 is 1.81 bits per heavy atom. The molecule has 0 aliphatic carbocycles. The molecule has 0 aromatic heterocycles. The molecule has 0 saturated carbocycles. The van der Waals surface area contributed by atoms with E-state index >= 15 is 0 Å². The summed E-state index contributed by atoms with van der Waals surface area (Å²) < 4.78 is 16.5. The van der Waals surface area contributed by atoms with Gasteiger partial charge in [0.2, 0.25) is 0 Å². The van der Waals surface area contributed by atoms with Crippen molar-refractivity contribution in [1.82, 2.24) is 4.90 Å². The first-order valence-corrected chi connectivity index (χ1v) is 8.67. The Kier molecular flexibility index (Phi) is 6.89. The van der Waals surface area contributed by atoms with Gasteiger partial charge < -0.3 is 19.1 Å². The van der Waals surface area contributed by atoms with E-state index in [1.54, 1.807) is 26.2 Å². The molecular formula is C21H27NO4. The zero-order chi connectivity index (χ0) is 19.1. The zero-order valence-corrected chi connectivity index (χ0v) is 16.1. The first kappa shape index (κ1) is 19.6. The van der Waals surface area contributed by atoms with E-state index in [0.717, 1.165) is 11.1 Å². The Hall–Kier alpha value is -2.69. The maximum atomic E-state index is 12.8. The van der Waals surface area contributed by atoms with E-state index in [4.69, 9.17) is 14.2 Å². The van der Waals surface area contributed by atoms with Crippen molar-refractivity contribution < 1.29 is 19.0 Å². The highest BCUT2D eigenvalue weighted by Crippen LogP contribution is 2.28. The molecule has 2 aromatic carbocycles. The summed E-state index contributed by atoms with van der Waals surface area (Å²) >= 11 is 0. The molecule has 2 rings (SSSR count). The van der Waals surface area contributed by atoms with Crippen LogP contribution < -0.4 is 14.2 Å². The molecule has 0 fully saturated rings. The predicted molar refractivity (Wildman–Crippen MR) is 102 cm³/mol. The molecule has 0 aliphatic heterocycles. The fourth-order valence-electron chi connectivity index (χ4n) is 2.74. The van der Waals surface area contributed by atoms with Crippen molar-refractivity contribution in [3.63, 3.8) is 0 Å². The van der Waals surface area contributed by atoms with Gasteiger partial charge in [-0.05, 0) is 48.7 Å². The van der Waals surface area contributed by atoms with Crippen LogP contribution in [-0.4, -0.2) is 38.2 Å². The summed E-state index contributed by atoms with van der Waals surface area (Å²) in [5.74, 6) is 1.97. The predicted octanol–water partition coefficient (Wildman–Crippen LogP) is 3.83. The summed E-state index contributed by atoms with van der Waals surface area (Å²) in [6.07, 6.45) is 0.0882. The highest BCUT2D eigenvalue weighted by molar-refractivity contribution is 5.81. The van der Waals surface area contributed by atoms with Gasteiger partial charge in [-0.25, -0.2) is 0 Å². The van der Waals surface area contributed by atoms with Gasteiger partial charge in [0.05, 0.1) is 14.2 Å². The van der Waals surface area contributed by atoms with Crippen LogP contribution in [0.2, 0.25) is 0 Å². The van der Waals surface area contributed by atoms with Crippen molar-refractivity contribution in [2.45, 2.75) is 32.9 Å². The molecule has 5 heteroatoms. The van der Waals surface area contributed by atoms with Crippen LogP contribution in [0.25, 0.3) is 0 Å². The SMILES string of the molecule is CC[C@@H](Oc1cccc(C)c1)C(=O)N(C)Cc1ccc(OC)c(OC)c1. The minimum Gasteiger partial charge on any atom is -0.493 e. The molecule has 1 amide bonds. The maximum absolute atomic E-state index is 12.8. The first-order chi connectivity index (χ1) is 12.5. The average molecular weight is 357 g/mol. The lowest BCUT2D eigenvalue weighted by molar-refractivity contribution is -0.138. The van der Waals surface area contributed by atoms with Gasteiger partial charge in [0.25, 0.3) is 5.91 Å². The molecule has 0 bridgehead atoms. The lowest BCUT2D eigenvalue weighted by atomic mass is 10.1. The van der Waals surface area contributed by atoms with Crippen molar-refractivity contribution in [1.29, 1.82) is 0 Å². The Bertz CT molecular complexity index is 745. The number of likely N-dealkylation sites (N-methyl/N-ethyl adjacent to an activating group) is 1. The topological polar surface area (TPSA) is 48.0 Å². The fraction of sp³-hybridized carbons (Fsp3) is 0.381. The summed E-state index contributed by atoms with van der Waals surface area (Å²) in [6, 6.07) is 13.4. The van der Waals surface area contributed by atoms with Crippen LogP contribution in [0.15, 0.2) is 42.5 Å². The van der Waals surface area contributed by atoms with E-state index in [1.807, 2.05) is 56.3 Å². The van der Waals surface area contributed by atoms with Gasteiger partial charge in [-0.1, -0.05) is 25.1 Å². The number of ether oxygens (including phenoxy) is 3. The van der Waals surface area contributed by atoms with E-state index in [2.05, 4.69) is 0 Å². The highest BCUT2D eigenvalue weighted by atomic mass is 16.5. The molecule has 0 spiro atoms. The molecule has 5 nitrogen and oxygen atoms in total. The van der Waals surface area contributed by atoms with Gasteiger partial charge in [-0.15, -0.1) is 0 Å². The summed E-state index contributed by atoms with van der Waals surface area (Å²) in [7, 11) is 4.97. The minimum absolute atomic E-state index is 0.0520. The second-order valence-corrected chi connectivity index (χ2v) is 6.21. The van der Waals surface area contributed by atoms with Crippen molar-refractivity contribution in [2.75, 3.05) is 21.3 Å². The number of methoxy groups -OCH3 is 2. The average Bonchev–Trinajstić information content (AvgIpc) is 2.65. The number of nitrogens with zero attached hydrogens (tertiary/aromatic N) is 1. The number of aryl methyl sites for hydroxylation is 1. The lowest BCUT2D eigenvalue weighted by Gasteiger charge is -2.24. The second-order valence-electron chi connectivity index (χ2n) is 6.21. The van der Waals surface area contributed by atoms with Gasteiger partial charge in [-0.3, -0.25) is 4.79 Å². The molecule has 0 unspecified atom stereocenters. The fourth-order valence-corrected chi connectivity index (χ4v) is 2.74. The van der Waals surface area contributed by atoms with Gasteiger partial charge >= 0.3 is 0 Å². The lowest BCUT2D eigenvalue weighted by Crippen LogP contribution is -2.39. The summed E-state index contributed by atoms with van der Waals surface area (Å²) in [4.78, 5) is 14.5. The van der Waals surface area contributed by atoms with Crippen LogP contribution in [0.5, 0.6) is 17.2 Å².